The second kappa shape index (κ2) is 10.0. The highest BCUT2D eigenvalue weighted by Gasteiger charge is 2.47. The van der Waals surface area contributed by atoms with E-state index in [4.69, 9.17) is 9.57 Å². The van der Waals surface area contributed by atoms with Crippen molar-refractivity contribution in [1.29, 1.82) is 0 Å². The third kappa shape index (κ3) is 6.05. The Labute approximate surface area is 197 Å². The molecule has 3 rings (SSSR count). The van der Waals surface area contributed by atoms with Crippen LogP contribution in [0.5, 0.6) is 0 Å². The number of hydrogen-bond donors (Lipinski definition) is 1. The van der Waals surface area contributed by atoms with Crippen LogP contribution in [0.25, 0.3) is 11.4 Å². The number of aromatic nitrogens is 2. The number of nitrogens with one attached hydrogen (secondary N) is 1. The summed E-state index contributed by atoms with van der Waals surface area (Å²) in [5.41, 5.74) is -0.733. The summed E-state index contributed by atoms with van der Waals surface area (Å²) in [4.78, 5) is 38.5. The number of alkyl carbamates (subject to hydrolysis) is 1. The molecule has 10 heteroatoms. The number of hydrogen-bond acceptors (Lipinski definition) is 6. The van der Waals surface area contributed by atoms with E-state index in [1.54, 1.807) is 32.9 Å². The highest BCUT2D eigenvalue weighted by Crippen LogP contribution is 2.43. The molecule has 0 aliphatic heterocycles. The molecule has 1 aliphatic rings. The molecule has 1 fully saturated rings. The number of carbonyl (C=O) groups excluding carboxylic acids is 2. The van der Waals surface area contributed by atoms with Gasteiger partial charge in [-0.3, -0.25) is 9.63 Å². The second-order valence-electron chi connectivity index (χ2n) is 9.57. The van der Waals surface area contributed by atoms with Crippen LogP contribution in [0.4, 0.5) is 13.6 Å². The maximum Gasteiger partial charge on any atom is 0.407 e. The van der Waals surface area contributed by atoms with Crippen molar-refractivity contribution < 1.29 is 27.9 Å². The summed E-state index contributed by atoms with van der Waals surface area (Å²) < 4.78 is 33.1. The lowest BCUT2D eigenvalue weighted by molar-refractivity contribution is -0.180. The van der Waals surface area contributed by atoms with Crippen LogP contribution in [0.15, 0.2) is 30.6 Å². The summed E-state index contributed by atoms with van der Waals surface area (Å²) in [5, 5.41) is 4.02. The third-order valence-electron chi connectivity index (χ3n) is 5.78. The van der Waals surface area contributed by atoms with Crippen molar-refractivity contribution in [2.45, 2.75) is 58.1 Å². The van der Waals surface area contributed by atoms with Crippen molar-refractivity contribution in [2.75, 3.05) is 14.2 Å². The fourth-order valence-corrected chi connectivity index (χ4v) is 4.27. The maximum absolute atomic E-state index is 14.5. The predicted molar refractivity (Wildman–Crippen MR) is 120 cm³/mol. The lowest BCUT2D eigenvalue weighted by Crippen LogP contribution is -2.44. The molecule has 0 saturated heterocycles. The Bertz CT molecular complexity index is 1040. The van der Waals surface area contributed by atoms with Gasteiger partial charge in [0.1, 0.15) is 11.4 Å². The van der Waals surface area contributed by atoms with Gasteiger partial charge in [0.05, 0.1) is 30.5 Å². The normalized spacial score (nSPS) is 20.1. The van der Waals surface area contributed by atoms with Gasteiger partial charge in [0.2, 0.25) is 0 Å². The minimum atomic E-state index is -0.886. The van der Waals surface area contributed by atoms with Gasteiger partial charge in [-0.1, -0.05) is 6.07 Å². The Morgan fingerprint density at radius 2 is 1.91 bits per heavy atom. The number of benzene rings is 1. The fraction of sp³-hybridized carbons (Fsp3) is 0.500. The number of ether oxygens (including phenoxy) is 1. The van der Waals surface area contributed by atoms with E-state index in [1.807, 2.05) is 0 Å². The number of nitrogens with zero attached hydrogens (tertiary/aromatic N) is 3. The van der Waals surface area contributed by atoms with E-state index in [1.165, 1.54) is 25.3 Å². The number of halogens is 2. The zero-order valence-corrected chi connectivity index (χ0v) is 20.0. The fourth-order valence-electron chi connectivity index (χ4n) is 4.27. The predicted octanol–water partition coefficient (Wildman–Crippen LogP) is 4.05. The van der Waals surface area contributed by atoms with Crippen LogP contribution in [-0.4, -0.2) is 52.8 Å². The molecule has 1 heterocycles. The van der Waals surface area contributed by atoms with Crippen molar-refractivity contribution in [2.24, 2.45) is 5.41 Å². The minimum Gasteiger partial charge on any atom is -0.444 e. The summed E-state index contributed by atoms with van der Waals surface area (Å²) in [6.45, 7) is 5.33. The number of rotatable bonds is 6. The van der Waals surface area contributed by atoms with E-state index in [-0.39, 0.29) is 29.8 Å². The number of amides is 2. The van der Waals surface area contributed by atoms with Crippen LogP contribution in [-0.2, 0) is 20.8 Å². The topological polar surface area (TPSA) is 93.6 Å². The van der Waals surface area contributed by atoms with Crippen LogP contribution in [0.2, 0.25) is 0 Å². The highest BCUT2D eigenvalue weighted by atomic mass is 19.1. The van der Waals surface area contributed by atoms with Crippen LogP contribution in [0, 0.1) is 17.0 Å². The van der Waals surface area contributed by atoms with Gasteiger partial charge in [0.25, 0.3) is 5.91 Å². The molecule has 2 atom stereocenters. The molecule has 34 heavy (non-hydrogen) atoms. The number of hydroxylamine groups is 2. The van der Waals surface area contributed by atoms with Crippen molar-refractivity contribution in [3.63, 3.8) is 0 Å². The summed E-state index contributed by atoms with van der Waals surface area (Å²) in [7, 11) is 2.93. The first-order chi connectivity index (χ1) is 15.9. The molecular formula is C24H30F2N4O4. The van der Waals surface area contributed by atoms with Gasteiger partial charge in [0.15, 0.2) is 11.6 Å². The highest BCUT2D eigenvalue weighted by molar-refractivity contribution is 5.83. The summed E-state index contributed by atoms with van der Waals surface area (Å²) in [6.07, 6.45) is 3.09. The molecule has 2 aromatic rings. The first-order valence-electron chi connectivity index (χ1n) is 11.0. The van der Waals surface area contributed by atoms with Crippen molar-refractivity contribution in [3.8, 4) is 11.4 Å². The Balaban J connectivity index is 1.86. The molecular weight excluding hydrogens is 446 g/mol. The van der Waals surface area contributed by atoms with E-state index in [0.717, 1.165) is 12.4 Å². The average Bonchev–Trinajstić information content (AvgIpc) is 3.16. The quantitative estimate of drug-likeness (QED) is 0.633. The van der Waals surface area contributed by atoms with Gasteiger partial charge in [-0.05, 0) is 64.2 Å². The first-order valence-corrected chi connectivity index (χ1v) is 11.0. The van der Waals surface area contributed by atoms with E-state index in [9.17, 15) is 18.4 Å². The van der Waals surface area contributed by atoms with Crippen LogP contribution in [0.1, 0.15) is 45.6 Å². The maximum atomic E-state index is 14.5. The molecule has 0 unspecified atom stereocenters. The van der Waals surface area contributed by atoms with Gasteiger partial charge in [-0.25, -0.2) is 28.6 Å². The molecule has 1 aliphatic carbocycles. The average molecular weight is 477 g/mol. The Hall–Kier alpha value is -3.14. The van der Waals surface area contributed by atoms with Crippen molar-refractivity contribution >= 4 is 12.0 Å². The van der Waals surface area contributed by atoms with Crippen molar-refractivity contribution in [1.82, 2.24) is 20.3 Å². The first kappa shape index (κ1) is 25.5. The smallest absolute Gasteiger partial charge is 0.407 e. The van der Waals surface area contributed by atoms with E-state index in [2.05, 4.69) is 15.3 Å². The SMILES string of the molecule is CON(C)C(=O)[C@@]1(Cc2ccc(F)c(-c3ncc(F)cn3)c2)CC[C@H](NC(=O)OC(C)(C)C)C1. The third-order valence-corrected chi connectivity index (χ3v) is 5.78. The van der Waals surface area contributed by atoms with Crippen LogP contribution in [0.3, 0.4) is 0 Å². The lowest BCUT2D eigenvalue weighted by atomic mass is 9.78. The zero-order valence-electron chi connectivity index (χ0n) is 20.0. The molecule has 0 bridgehead atoms. The second-order valence-corrected chi connectivity index (χ2v) is 9.57. The summed E-state index contributed by atoms with van der Waals surface area (Å²) in [5.74, 6) is -1.37. The Morgan fingerprint density at radius 1 is 1.24 bits per heavy atom. The molecule has 184 valence electrons. The van der Waals surface area contributed by atoms with Gasteiger partial charge in [-0.15, -0.1) is 0 Å². The van der Waals surface area contributed by atoms with Gasteiger partial charge in [0, 0.05) is 13.1 Å². The lowest BCUT2D eigenvalue weighted by Gasteiger charge is -2.32. The van der Waals surface area contributed by atoms with E-state index >= 15 is 0 Å². The molecule has 8 nitrogen and oxygen atoms in total. The van der Waals surface area contributed by atoms with E-state index in [0.29, 0.717) is 24.8 Å². The Morgan fingerprint density at radius 3 is 2.53 bits per heavy atom. The largest absolute Gasteiger partial charge is 0.444 e. The molecule has 1 aromatic heterocycles. The molecule has 1 saturated carbocycles. The van der Waals surface area contributed by atoms with Crippen LogP contribution >= 0.6 is 0 Å². The minimum absolute atomic E-state index is 0.0472. The zero-order chi connectivity index (χ0) is 25.1. The number of carbonyl (C=O) groups is 2. The van der Waals surface area contributed by atoms with Gasteiger partial charge < -0.3 is 10.1 Å². The standard InChI is InChI=1S/C24H30F2N4O4/c1-23(2,3)34-22(32)29-17-8-9-24(12-17,21(31)30(4)33-5)11-15-6-7-19(26)18(10-15)20-27-13-16(25)14-28-20/h6-7,10,13-14,17H,8-9,11-12H2,1-5H3,(H,29,32)/t17-,24+/m0/s1. The van der Waals surface area contributed by atoms with Crippen LogP contribution < -0.4 is 5.32 Å². The molecule has 0 spiro atoms. The molecule has 2 amide bonds. The van der Waals surface area contributed by atoms with E-state index < -0.39 is 28.7 Å². The summed E-state index contributed by atoms with van der Waals surface area (Å²) in [6, 6.07) is 4.17. The van der Waals surface area contributed by atoms with Crippen molar-refractivity contribution in [3.05, 3.63) is 47.8 Å². The monoisotopic (exact) mass is 476 g/mol. The van der Waals surface area contributed by atoms with Gasteiger partial charge in [-0.2, -0.15) is 0 Å². The molecule has 0 radical (unpaired) electrons. The molecule has 1 aromatic carbocycles. The molecule has 1 N–H and O–H groups in total. The van der Waals surface area contributed by atoms with Gasteiger partial charge >= 0.3 is 6.09 Å². The summed E-state index contributed by atoms with van der Waals surface area (Å²) >= 11 is 0. The Kier molecular flexibility index (Phi) is 7.50.